The van der Waals surface area contributed by atoms with E-state index in [1.807, 2.05) is 12.3 Å². The van der Waals surface area contributed by atoms with Gasteiger partial charge < -0.3 is 5.73 Å². The number of rotatable bonds is 2. The van der Waals surface area contributed by atoms with Crippen LogP contribution in [0.15, 0.2) is 24.4 Å². The van der Waals surface area contributed by atoms with Crippen molar-refractivity contribution in [2.75, 3.05) is 0 Å². The van der Waals surface area contributed by atoms with E-state index >= 15 is 0 Å². The molecule has 1 aromatic rings. The minimum atomic E-state index is 0.159. The highest BCUT2D eigenvalue weighted by Crippen LogP contribution is 2.63. The molecule has 0 radical (unpaired) electrons. The lowest BCUT2D eigenvalue weighted by molar-refractivity contribution is -0.0684. The summed E-state index contributed by atoms with van der Waals surface area (Å²) in [6, 6.07) is 6.33. The molecular formula is C16H22N2. The van der Waals surface area contributed by atoms with Crippen LogP contribution in [-0.2, 0) is 0 Å². The van der Waals surface area contributed by atoms with E-state index in [4.69, 9.17) is 5.73 Å². The lowest BCUT2D eigenvalue weighted by Crippen LogP contribution is -2.51. The minimum absolute atomic E-state index is 0.159. The van der Waals surface area contributed by atoms with E-state index in [-0.39, 0.29) is 6.04 Å². The average Bonchev–Trinajstić information content (AvgIpc) is 2.37. The second kappa shape index (κ2) is 3.80. The Morgan fingerprint density at radius 1 is 1.06 bits per heavy atom. The van der Waals surface area contributed by atoms with Crippen molar-refractivity contribution in [3.05, 3.63) is 30.1 Å². The Balaban J connectivity index is 1.67. The molecule has 18 heavy (non-hydrogen) atoms. The van der Waals surface area contributed by atoms with Crippen LogP contribution in [-0.4, -0.2) is 4.98 Å². The van der Waals surface area contributed by atoms with Gasteiger partial charge in [-0.25, -0.2) is 0 Å². The van der Waals surface area contributed by atoms with Crippen LogP contribution in [0.2, 0.25) is 0 Å². The maximum Gasteiger partial charge on any atom is 0.0576 e. The fraction of sp³-hybridized carbons (Fsp3) is 0.688. The normalized spacial score (nSPS) is 43.1. The first-order valence-electron chi connectivity index (χ1n) is 7.42. The van der Waals surface area contributed by atoms with Gasteiger partial charge in [-0.3, -0.25) is 4.98 Å². The van der Waals surface area contributed by atoms with Crippen molar-refractivity contribution in [3.8, 4) is 0 Å². The molecule has 5 rings (SSSR count). The molecule has 1 atom stereocenters. The average molecular weight is 242 g/mol. The van der Waals surface area contributed by atoms with E-state index in [0.29, 0.717) is 5.41 Å². The van der Waals surface area contributed by atoms with Crippen LogP contribution in [0.3, 0.4) is 0 Å². The van der Waals surface area contributed by atoms with Gasteiger partial charge in [0.15, 0.2) is 0 Å². The van der Waals surface area contributed by atoms with Crippen molar-refractivity contribution in [2.45, 2.75) is 44.6 Å². The predicted molar refractivity (Wildman–Crippen MR) is 71.8 cm³/mol. The standard InChI is InChI=1S/C16H22N2/c17-15(14-3-1-2-4-18-14)16-8-11-5-12(9-16)7-13(6-11)10-16/h1-4,11-13,15H,5-10,17H2. The van der Waals surface area contributed by atoms with Gasteiger partial charge in [0, 0.05) is 6.20 Å². The largest absolute Gasteiger partial charge is 0.322 e. The summed E-state index contributed by atoms with van der Waals surface area (Å²) in [5.74, 6) is 2.89. The molecule has 0 aromatic carbocycles. The first-order chi connectivity index (χ1) is 8.75. The summed E-state index contributed by atoms with van der Waals surface area (Å²) in [5.41, 5.74) is 8.12. The Morgan fingerprint density at radius 3 is 2.17 bits per heavy atom. The van der Waals surface area contributed by atoms with Crippen molar-refractivity contribution in [3.63, 3.8) is 0 Å². The van der Waals surface area contributed by atoms with E-state index in [0.717, 1.165) is 23.4 Å². The van der Waals surface area contributed by atoms with Gasteiger partial charge in [0.25, 0.3) is 0 Å². The minimum Gasteiger partial charge on any atom is -0.322 e. The zero-order chi connectivity index (χ0) is 12.2. The third kappa shape index (κ3) is 1.55. The summed E-state index contributed by atoms with van der Waals surface area (Å²) < 4.78 is 0. The molecule has 2 nitrogen and oxygen atoms in total. The molecule has 0 spiro atoms. The summed E-state index contributed by atoms with van der Waals surface area (Å²) in [6.45, 7) is 0. The molecule has 1 heterocycles. The monoisotopic (exact) mass is 242 g/mol. The molecule has 4 aliphatic rings. The number of nitrogens with zero attached hydrogens (tertiary/aromatic N) is 1. The second-order valence-electron chi connectivity index (χ2n) is 7.01. The predicted octanol–water partition coefficient (Wildman–Crippen LogP) is 3.30. The third-order valence-corrected chi connectivity index (χ3v) is 5.75. The molecule has 4 bridgehead atoms. The Bertz CT molecular complexity index is 404. The number of aromatic nitrogens is 1. The van der Waals surface area contributed by atoms with Crippen molar-refractivity contribution >= 4 is 0 Å². The van der Waals surface area contributed by atoms with Gasteiger partial charge in [-0.2, -0.15) is 0 Å². The first-order valence-corrected chi connectivity index (χ1v) is 7.42. The van der Waals surface area contributed by atoms with Crippen molar-refractivity contribution < 1.29 is 0 Å². The van der Waals surface area contributed by atoms with Crippen LogP contribution in [0, 0.1) is 23.2 Å². The molecule has 1 unspecified atom stereocenters. The SMILES string of the molecule is NC(c1ccccn1)C12CC3CC(CC(C3)C1)C2. The lowest BCUT2D eigenvalue weighted by Gasteiger charge is -2.58. The third-order valence-electron chi connectivity index (χ3n) is 5.75. The van der Waals surface area contributed by atoms with E-state index in [9.17, 15) is 0 Å². The van der Waals surface area contributed by atoms with Crippen LogP contribution in [0.1, 0.15) is 50.3 Å². The van der Waals surface area contributed by atoms with Crippen molar-refractivity contribution in [1.29, 1.82) is 0 Å². The zero-order valence-electron chi connectivity index (χ0n) is 10.9. The molecule has 2 N–H and O–H groups in total. The number of nitrogens with two attached hydrogens (primary N) is 1. The van der Waals surface area contributed by atoms with E-state index in [1.165, 1.54) is 38.5 Å². The Hall–Kier alpha value is -0.890. The second-order valence-corrected chi connectivity index (χ2v) is 7.01. The number of pyridine rings is 1. The molecule has 0 amide bonds. The van der Waals surface area contributed by atoms with Gasteiger partial charge in [-0.15, -0.1) is 0 Å². The van der Waals surface area contributed by atoms with Gasteiger partial charge in [-0.1, -0.05) is 6.07 Å². The Morgan fingerprint density at radius 2 is 1.67 bits per heavy atom. The molecule has 4 saturated carbocycles. The molecule has 0 aliphatic heterocycles. The molecule has 1 aromatic heterocycles. The van der Waals surface area contributed by atoms with E-state index < -0.39 is 0 Å². The zero-order valence-corrected chi connectivity index (χ0v) is 10.9. The number of hydrogen-bond donors (Lipinski definition) is 1. The quantitative estimate of drug-likeness (QED) is 0.864. The van der Waals surface area contributed by atoms with E-state index in [2.05, 4.69) is 17.1 Å². The molecule has 0 saturated heterocycles. The molecular weight excluding hydrogens is 220 g/mol. The van der Waals surface area contributed by atoms with Crippen LogP contribution in [0.4, 0.5) is 0 Å². The van der Waals surface area contributed by atoms with Gasteiger partial charge in [0.1, 0.15) is 0 Å². The maximum absolute atomic E-state index is 6.63. The molecule has 96 valence electrons. The fourth-order valence-corrected chi connectivity index (χ4v) is 5.43. The topological polar surface area (TPSA) is 38.9 Å². The number of hydrogen-bond acceptors (Lipinski definition) is 2. The van der Waals surface area contributed by atoms with Gasteiger partial charge in [0.05, 0.1) is 11.7 Å². The van der Waals surface area contributed by atoms with Crippen LogP contribution >= 0.6 is 0 Å². The molecule has 4 fully saturated rings. The summed E-state index contributed by atoms with van der Waals surface area (Å²) >= 11 is 0. The Labute approximate surface area is 109 Å². The molecule has 2 heteroatoms. The summed E-state index contributed by atoms with van der Waals surface area (Å²) in [5, 5.41) is 0. The summed E-state index contributed by atoms with van der Waals surface area (Å²) in [7, 11) is 0. The van der Waals surface area contributed by atoms with Crippen LogP contribution in [0.25, 0.3) is 0 Å². The molecule has 4 aliphatic carbocycles. The lowest BCUT2D eigenvalue weighted by atomic mass is 9.47. The first kappa shape index (κ1) is 11.0. The Kier molecular flexibility index (Phi) is 2.32. The van der Waals surface area contributed by atoms with Gasteiger partial charge in [-0.05, 0) is 73.8 Å². The van der Waals surface area contributed by atoms with Gasteiger partial charge in [0.2, 0.25) is 0 Å². The van der Waals surface area contributed by atoms with Crippen molar-refractivity contribution in [2.24, 2.45) is 28.9 Å². The highest BCUT2D eigenvalue weighted by Gasteiger charge is 2.53. The van der Waals surface area contributed by atoms with Crippen molar-refractivity contribution in [1.82, 2.24) is 4.98 Å². The van der Waals surface area contributed by atoms with Gasteiger partial charge >= 0.3 is 0 Å². The summed E-state index contributed by atoms with van der Waals surface area (Å²) in [6.07, 6.45) is 10.4. The highest BCUT2D eigenvalue weighted by atomic mass is 14.8. The smallest absolute Gasteiger partial charge is 0.0576 e. The highest BCUT2D eigenvalue weighted by molar-refractivity contribution is 5.16. The van der Waals surface area contributed by atoms with Crippen LogP contribution < -0.4 is 5.73 Å². The maximum atomic E-state index is 6.63. The fourth-order valence-electron chi connectivity index (χ4n) is 5.43. The van der Waals surface area contributed by atoms with Crippen LogP contribution in [0.5, 0.6) is 0 Å². The summed E-state index contributed by atoms with van der Waals surface area (Å²) in [4.78, 5) is 4.51. The van der Waals surface area contributed by atoms with E-state index in [1.54, 1.807) is 0 Å².